The Kier molecular flexibility index (Phi) is 4.66. The van der Waals surface area contributed by atoms with Crippen LogP contribution in [0, 0.1) is 12.7 Å². The summed E-state index contributed by atoms with van der Waals surface area (Å²) >= 11 is 7.27. The van der Waals surface area contributed by atoms with Crippen molar-refractivity contribution in [2.45, 2.75) is 6.92 Å². The number of nitrogens with zero attached hydrogens (tertiary/aromatic N) is 3. The number of carbonyl (C=O) groups is 1. The first-order valence-electron chi connectivity index (χ1n) is 8.14. The lowest BCUT2D eigenvalue weighted by molar-refractivity contribution is 0.102. The summed E-state index contributed by atoms with van der Waals surface area (Å²) in [6, 6.07) is 10.5. The molecule has 28 heavy (non-hydrogen) atoms. The van der Waals surface area contributed by atoms with Crippen LogP contribution in [0.2, 0.25) is 5.02 Å². The first-order chi connectivity index (χ1) is 13.4. The molecule has 0 fully saturated rings. The maximum absolute atomic E-state index is 13.0. The van der Waals surface area contributed by atoms with Gasteiger partial charge in [0.25, 0.3) is 11.5 Å². The molecule has 2 heterocycles. The lowest BCUT2D eigenvalue weighted by Gasteiger charge is -2.10. The van der Waals surface area contributed by atoms with Crippen LogP contribution in [0.5, 0.6) is 0 Å². The minimum Gasteiger partial charge on any atom is -0.298 e. The Hall–Kier alpha value is -3.10. The first kappa shape index (κ1) is 18.3. The van der Waals surface area contributed by atoms with E-state index in [0.29, 0.717) is 10.7 Å². The standard InChI is InChI=1S/C19H12ClFN4O2S/c1-10-3-2-4-13(20)14(10)25-9-22-16-15(18(25)27)28-19(23-16)24-17(26)11-5-7-12(21)8-6-11/h2-9H,1H3,(H,23,24,26). The highest BCUT2D eigenvalue weighted by Crippen LogP contribution is 2.26. The largest absolute Gasteiger partial charge is 0.298 e. The molecule has 0 saturated carbocycles. The van der Waals surface area contributed by atoms with E-state index in [1.54, 1.807) is 12.1 Å². The molecule has 4 aromatic rings. The van der Waals surface area contributed by atoms with Crippen molar-refractivity contribution in [3.63, 3.8) is 0 Å². The van der Waals surface area contributed by atoms with E-state index in [-0.39, 0.29) is 26.6 Å². The quantitative estimate of drug-likeness (QED) is 0.545. The minimum atomic E-state index is -0.457. The molecule has 0 spiro atoms. The Morgan fingerprint density at radius 2 is 1.96 bits per heavy atom. The van der Waals surface area contributed by atoms with Gasteiger partial charge in [-0.15, -0.1) is 0 Å². The van der Waals surface area contributed by atoms with Crippen molar-refractivity contribution < 1.29 is 9.18 Å². The summed E-state index contributed by atoms with van der Waals surface area (Å²) in [6.45, 7) is 1.85. The van der Waals surface area contributed by atoms with E-state index in [1.807, 2.05) is 13.0 Å². The maximum Gasteiger partial charge on any atom is 0.277 e. The molecule has 0 radical (unpaired) electrons. The average molecular weight is 415 g/mol. The Bertz CT molecular complexity index is 1250. The molecule has 0 atom stereocenters. The third kappa shape index (κ3) is 3.28. The van der Waals surface area contributed by atoms with E-state index >= 15 is 0 Å². The second-order valence-corrected chi connectivity index (χ2v) is 7.36. The second kappa shape index (κ2) is 7.14. The van der Waals surface area contributed by atoms with Gasteiger partial charge in [-0.05, 0) is 42.8 Å². The van der Waals surface area contributed by atoms with Crippen LogP contribution in [0.4, 0.5) is 9.52 Å². The average Bonchev–Trinajstić information content (AvgIpc) is 3.07. The Labute approximate surface area is 167 Å². The van der Waals surface area contributed by atoms with Crippen LogP contribution in [0.1, 0.15) is 15.9 Å². The zero-order valence-corrected chi connectivity index (χ0v) is 16.0. The molecule has 0 saturated heterocycles. The van der Waals surface area contributed by atoms with Gasteiger partial charge in [0.15, 0.2) is 10.8 Å². The van der Waals surface area contributed by atoms with Crippen LogP contribution in [0.3, 0.4) is 0 Å². The molecule has 140 valence electrons. The van der Waals surface area contributed by atoms with Crippen molar-refractivity contribution in [1.82, 2.24) is 14.5 Å². The normalized spacial score (nSPS) is 11.0. The van der Waals surface area contributed by atoms with Crippen LogP contribution in [0.25, 0.3) is 16.0 Å². The number of hydrogen-bond donors (Lipinski definition) is 1. The highest BCUT2D eigenvalue weighted by atomic mass is 35.5. The number of amides is 1. The van der Waals surface area contributed by atoms with Gasteiger partial charge in [0, 0.05) is 5.56 Å². The number of benzene rings is 2. The van der Waals surface area contributed by atoms with E-state index in [1.165, 1.54) is 35.2 Å². The Morgan fingerprint density at radius 3 is 2.68 bits per heavy atom. The fourth-order valence-corrected chi connectivity index (χ4v) is 3.88. The summed E-state index contributed by atoms with van der Waals surface area (Å²) in [5.74, 6) is -0.891. The van der Waals surface area contributed by atoms with E-state index in [2.05, 4.69) is 15.3 Å². The van der Waals surface area contributed by atoms with Crippen LogP contribution < -0.4 is 10.9 Å². The topological polar surface area (TPSA) is 76.9 Å². The van der Waals surface area contributed by atoms with E-state index in [0.717, 1.165) is 16.9 Å². The van der Waals surface area contributed by atoms with Gasteiger partial charge in [0.05, 0.1) is 10.7 Å². The zero-order valence-electron chi connectivity index (χ0n) is 14.4. The van der Waals surface area contributed by atoms with Crippen LogP contribution in [0.15, 0.2) is 53.6 Å². The van der Waals surface area contributed by atoms with Gasteiger partial charge < -0.3 is 0 Å². The number of thiazole rings is 1. The van der Waals surface area contributed by atoms with Crippen molar-refractivity contribution in [2.75, 3.05) is 5.32 Å². The molecule has 0 unspecified atom stereocenters. The van der Waals surface area contributed by atoms with Gasteiger partial charge in [-0.25, -0.2) is 9.37 Å². The molecular weight excluding hydrogens is 403 g/mol. The van der Waals surface area contributed by atoms with Crippen molar-refractivity contribution in [3.05, 3.63) is 81.1 Å². The Balaban J connectivity index is 1.72. The van der Waals surface area contributed by atoms with Crippen molar-refractivity contribution >= 4 is 44.3 Å². The fraction of sp³-hybridized carbons (Fsp3) is 0.0526. The summed E-state index contributed by atoms with van der Waals surface area (Å²) in [5, 5.41) is 3.26. The maximum atomic E-state index is 13.0. The molecule has 2 aromatic heterocycles. The zero-order chi connectivity index (χ0) is 19.8. The molecule has 6 nitrogen and oxygen atoms in total. The van der Waals surface area contributed by atoms with Crippen LogP contribution in [-0.4, -0.2) is 20.4 Å². The molecule has 0 aliphatic heterocycles. The molecule has 0 bridgehead atoms. The summed E-state index contributed by atoms with van der Waals surface area (Å²) < 4.78 is 14.7. The number of aryl methyl sites for hydroxylation is 1. The van der Waals surface area contributed by atoms with E-state index < -0.39 is 11.7 Å². The minimum absolute atomic E-state index is 0.225. The van der Waals surface area contributed by atoms with Crippen molar-refractivity contribution in [3.8, 4) is 5.69 Å². The van der Waals surface area contributed by atoms with Gasteiger partial charge in [0.2, 0.25) is 0 Å². The molecular formula is C19H12ClFN4O2S. The Morgan fingerprint density at radius 1 is 1.21 bits per heavy atom. The van der Waals surface area contributed by atoms with Gasteiger partial charge in [-0.2, -0.15) is 4.98 Å². The second-order valence-electron chi connectivity index (χ2n) is 5.96. The molecule has 1 N–H and O–H groups in total. The number of nitrogens with one attached hydrogen (secondary N) is 1. The lowest BCUT2D eigenvalue weighted by Crippen LogP contribution is -2.19. The number of carbonyl (C=O) groups excluding carboxylic acids is 1. The molecule has 0 aliphatic carbocycles. The lowest BCUT2D eigenvalue weighted by atomic mass is 10.2. The number of halogens is 2. The monoisotopic (exact) mass is 414 g/mol. The summed E-state index contributed by atoms with van der Waals surface area (Å²) in [7, 11) is 0. The summed E-state index contributed by atoms with van der Waals surface area (Å²) in [6.07, 6.45) is 1.37. The number of aromatic nitrogens is 3. The number of hydrogen-bond acceptors (Lipinski definition) is 5. The van der Waals surface area contributed by atoms with Crippen LogP contribution >= 0.6 is 22.9 Å². The SMILES string of the molecule is Cc1cccc(Cl)c1-n1cnc2nc(NC(=O)c3ccc(F)cc3)sc2c1=O. The van der Waals surface area contributed by atoms with Gasteiger partial charge >= 0.3 is 0 Å². The summed E-state index contributed by atoms with van der Waals surface area (Å²) in [5.41, 5.74) is 1.54. The van der Waals surface area contributed by atoms with Crippen molar-refractivity contribution in [2.24, 2.45) is 0 Å². The molecule has 9 heteroatoms. The van der Waals surface area contributed by atoms with E-state index in [4.69, 9.17) is 11.6 Å². The molecule has 4 rings (SSSR count). The highest BCUT2D eigenvalue weighted by Gasteiger charge is 2.16. The smallest absolute Gasteiger partial charge is 0.277 e. The number of para-hydroxylation sites is 1. The number of rotatable bonds is 3. The fourth-order valence-electron chi connectivity index (χ4n) is 2.72. The number of anilines is 1. The summed E-state index contributed by atoms with van der Waals surface area (Å²) in [4.78, 5) is 33.6. The van der Waals surface area contributed by atoms with Crippen molar-refractivity contribution in [1.29, 1.82) is 0 Å². The third-order valence-electron chi connectivity index (χ3n) is 4.07. The molecule has 1 amide bonds. The third-order valence-corrected chi connectivity index (χ3v) is 5.33. The molecule has 2 aromatic carbocycles. The van der Waals surface area contributed by atoms with Gasteiger partial charge in [-0.1, -0.05) is 35.1 Å². The van der Waals surface area contributed by atoms with Crippen LogP contribution in [-0.2, 0) is 0 Å². The predicted molar refractivity (Wildman–Crippen MR) is 107 cm³/mol. The molecule has 0 aliphatic rings. The van der Waals surface area contributed by atoms with E-state index in [9.17, 15) is 14.0 Å². The van der Waals surface area contributed by atoms with Gasteiger partial charge in [-0.3, -0.25) is 19.5 Å². The highest BCUT2D eigenvalue weighted by molar-refractivity contribution is 7.22. The number of fused-ring (bicyclic) bond motifs is 1. The predicted octanol–water partition coefficient (Wildman–Crippen LogP) is 4.20. The first-order valence-corrected chi connectivity index (χ1v) is 9.34. The van der Waals surface area contributed by atoms with Gasteiger partial charge in [0.1, 0.15) is 16.8 Å².